The minimum atomic E-state index is -3.27. The second-order valence-corrected chi connectivity index (χ2v) is 2.64. The first-order chi connectivity index (χ1) is 6.45. The van der Waals surface area contributed by atoms with E-state index in [9.17, 15) is 18.0 Å². The van der Waals surface area contributed by atoms with Crippen molar-refractivity contribution < 1.29 is 23.1 Å². The normalized spacial score (nSPS) is 10.6. The lowest BCUT2D eigenvalue weighted by Crippen LogP contribution is -2.05. The molecule has 14 heavy (non-hydrogen) atoms. The van der Waals surface area contributed by atoms with Crippen LogP contribution >= 0.6 is 11.6 Å². The number of nitrogens with zero attached hydrogens (tertiary/aromatic N) is 1. The molecule has 0 aliphatic carbocycles. The number of carbonyl (C=O) groups excluding carboxylic acids is 1. The van der Waals surface area contributed by atoms with Crippen molar-refractivity contribution >= 4 is 16.8 Å². The molecule has 0 bridgehead atoms. The predicted octanol–water partition coefficient (Wildman–Crippen LogP) is 2.24. The molecule has 1 aromatic rings. The van der Waals surface area contributed by atoms with Crippen LogP contribution < -0.4 is 0 Å². The molecule has 1 N–H and O–H groups in total. The molecular formula is C7H3ClF3NO2. The highest BCUT2D eigenvalue weighted by atomic mass is 35.5. The van der Waals surface area contributed by atoms with Gasteiger partial charge in [-0.2, -0.15) is 0 Å². The van der Waals surface area contributed by atoms with Gasteiger partial charge in [0.2, 0.25) is 0 Å². The van der Waals surface area contributed by atoms with E-state index in [1.54, 1.807) is 0 Å². The number of halogens is 4. The van der Waals surface area contributed by atoms with Crippen molar-refractivity contribution in [1.82, 2.24) is 4.98 Å². The maximum atomic E-state index is 12.9. The summed E-state index contributed by atoms with van der Waals surface area (Å²) in [4.78, 5) is 13.7. The molecule has 0 amide bonds. The molecule has 1 heterocycles. The number of hydrogen-bond donors (Lipinski definition) is 1. The van der Waals surface area contributed by atoms with E-state index in [0.29, 0.717) is 6.20 Å². The Bertz CT molecular complexity index is 383. The first-order valence-corrected chi connectivity index (χ1v) is 3.68. The Balaban J connectivity index is 3.45. The van der Waals surface area contributed by atoms with Gasteiger partial charge in [0.05, 0.1) is 11.8 Å². The molecule has 3 nitrogen and oxygen atoms in total. The number of pyridine rings is 1. The average Bonchev–Trinajstić information content (AvgIpc) is 2.08. The summed E-state index contributed by atoms with van der Waals surface area (Å²) < 4.78 is 37.3. The van der Waals surface area contributed by atoms with Crippen molar-refractivity contribution in [3.63, 3.8) is 0 Å². The Morgan fingerprint density at radius 2 is 2.14 bits per heavy atom. The Morgan fingerprint density at radius 1 is 1.57 bits per heavy atom. The van der Waals surface area contributed by atoms with Gasteiger partial charge in [0.25, 0.3) is 11.7 Å². The summed E-state index contributed by atoms with van der Waals surface area (Å²) in [5.74, 6) is -2.64. The minimum Gasteiger partial charge on any atom is -0.504 e. The smallest absolute Gasteiger partial charge is 0.271 e. The molecular weight excluding hydrogens is 223 g/mol. The van der Waals surface area contributed by atoms with E-state index in [4.69, 9.17) is 16.7 Å². The predicted molar refractivity (Wildman–Crippen MR) is 41.0 cm³/mol. The Hall–Kier alpha value is -1.30. The van der Waals surface area contributed by atoms with Crippen LogP contribution in [-0.2, 0) is 0 Å². The quantitative estimate of drug-likeness (QED) is 0.786. The third-order valence-electron chi connectivity index (χ3n) is 1.44. The molecule has 0 aliphatic rings. The molecule has 0 unspecified atom stereocenters. The maximum Gasteiger partial charge on any atom is 0.271 e. The highest BCUT2D eigenvalue weighted by Crippen LogP contribution is 2.30. The molecule has 7 heteroatoms. The van der Waals surface area contributed by atoms with Gasteiger partial charge in [0.1, 0.15) is 5.69 Å². The van der Waals surface area contributed by atoms with E-state index in [1.807, 2.05) is 0 Å². The topological polar surface area (TPSA) is 50.2 Å². The van der Waals surface area contributed by atoms with Gasteiger partial charge in [-0.25, -0.2) is 18.2 Å². The molecule has 76 valence electrons. The molecule has 0 saturated carbocycles. The van der Waals surface area contributed by atoms with Crippen LogP contribution in [0, 0.1) is 5.82 Å². The second-order valence-electron chi connectivity index (χ2n) is 2.29. The summed E-state index contributed by atoms with van der Waals surface area (Å²) in [6.45, 7) is 0. The van der Waals surface area contributed by atoms with Gasteiger partial charge in [-0.3, -0.25) is 4.79 Å². The van der Waals surface area contributed by atoms with Crippen LogP contribution in [0.15, 0.2) is 6.20 Å². The van der Waals surface area contributed by atoms with Crippen molar-refractivity contribution in [3.05, 3.63) is 23.3 Å². The van der Waals surface area contributed by atoms with E-state index in [1.165, 1.54) is 0 Å². The highest BCUT2D eigenvalue weighted by molar-refractivity contribution is 6.67. The lowest BCUT2D eigenvalue weighted by Gasteiger charge is -2.06. The number of carbonyl (C=O) groups is 1. The van der Waals surface area contributed by atoms with Gasteiger partial charge >= 0.3 is 0 Å². The Morgan fingerprint density at radius 3 is 2.57 bits per heavy atom. The van der Waals surface area contributed by atoms with E-state index < -0.39 is 34.5 Å². The SMILES string of the molecule is O=C(Cl)c1ncc(O)c(F)c1C(F)F. The third-order valence-corrected chi connectivity index (χ3v) is 1.62. The zero-order chi connectivity index (χ0) is 10.9. The summed E-state index contributed by atoms with van der Waals surface area (Å²) in [5, 5.41) is 7.42. The first-order valence-electron chi connectivity index (χ1n) is 3.30. The van der Waals surface area contributed by atoms with Crippen LogP contribution in [-0.4, -0.2) is 15.3 Å². The zero-order valence-corrected chi connectivity index (χ0v) is 7.23. The first kappa shape index (κ1) is 10.8. The van der Waals surface area contributed by atoms with Crippen molar-refractivity contribution in [3.8, 4) is 5.75 Å². The number of alkyl halides is 2. The summed E-state index contributed by atoms with van der Waals surface area (Å²) in [6, 6.07) is 0. The summed E-state index contributed by atoms with van der Waals surface area (Å²) in [6.07, 6.45) is -2.73. The van der Waals surface area contributed by atoms with Crippen LogP contribution in [0.25, 0.3) is 0 Å². The van der Waals surface area contributed by atoms with Gasteiger partial charge in [0, 0.05) is 0 Å². The standard InChI is InChI=1S/C7H3ClF3NO2/c8-6(14)5-3(7(10)11)4(9)2(13)1-12-5/h1,7,13H. The van der Waals surface area contributed by atoms with E-state index in [2.05, 4.69) is 4.98 Å². The molecule has 1 aromatic heterocycles. The van der Waals surface area contributed by atoms with Gasteiger partial charge in [-0.15, -0.1) is 0 Å². The van der Waals surface area contributed by atoms with Crippen molar-refractivity contribution in [2.45, 2.75) is 6.43 Å². The van der Waals surface area contributed by atoms with Crippen LogP contribution in [0.4, 0.5) is 13.2 Å². The molecule has 0 aliphatic heterocycles. The largest absolute Gasteiger partial charge is 0.504 e. The average molecular weight is 226 g/mol. The van der Waals surface area contributed by atoms with E-state index in [0.717, 1.165) is 0 Å². The van der Waals surface area contributed by atoms with Gasteiger partial charge in [0.15, 0.2) is 11.6 Å². The fourth-order valence-corrected chi connectivity index (χ4v) is 1.00. The number of hydrogen-bond acceptors (Lipinski definition) is 3. The molecule has 0 radical (unpaired) electrons. The van der Waals surface area contributed by atoms with Crippen LogP contribution in [0.3, 0.4) is 0 Å². The Labute approximate surface area is 81.1 Å². The second kappa shape index (κ2) is 3.83. The molecule has 0 saturated heterocycles. The Kier molecular flexibility index (Phi) is 2.95. The van der Waals surface area contributed by atoms with E-state index in [-0.39, 0.29) is 0 Å². The third kappa shape index (κ3) is 1.79. The highest BCUT2D eigenvalue weighted by Gasteiger charge is 2.25. The summed E-state index contributed by atoms with van der Waals surface area (Å²) >= 11 is 4.89. The molecule has 1 rings (SSSR count). The fourth-order valence-electron chi connectivity index (χ4n) is 0.850. The molecule has 0 aromatic carbocycles. The minimum absolute atomic E-state index is 0.539. The lowest BCUT2D eigenvalue weighted by atomic mass is 10.2. The van der Waals surface area contributed by atoms with Crippen molar-refractivity contribution in [2.75, 3.05) is 0 Å². The lowest BCUT2D eigenvalue weighted by molar-refractivity contribution is 0.105. The fraction of sp³-hybridized carbons (Fsp3) is 0.143. The monoisotopic (exact) mass is 225 g/mol. The van der Waals surface area contributed by atoms with Crippen LogP contribution in [0.5, 0.6) is 5.75 Å². The summed E-state index contributed by atoms with van der Waals surface area (Å²) in [5.41, 5.74) is -2.18. The van der Waals surface area contributed by atoms with Crippen LogP contribution in [0.2, 0.25) is 0 Å². The molecule has 0 atom stereocenters. The van der Waals surface area contributed by atoms with Crippen LogP contribution in [0.1, 0.15) is 22.5 Å². The molecule has 0 fully saturated rings. The zero-order valence-electron chi connectivity index (χ0n) is 6.47. The van der Waals surface area contributed by atoms with Gasteiger partial charge in [-0.05, 0) is 11.6 Å². The summed E-state index contributed by atoms with van der Waals surface area (Å²) in [7, 11) is 0. The van der Waals surface area contributed by atoms with Crippen molar-refractivity contribution in [1.29, 1.82) is 0 Å². The number of rotatable bonds is 2. The number of aromatic nitrogens is 1. The van der Waals surface area contributed by atoms with E-state index >= 15 is 0 Å². The van der Waals surface area contributed by atoms with Gasteiger partial charge < -0.3 is 5.11 Å². The maximum absolute atomic E-state index is 12.9. The molecule has 0 spiro atoms. The van der Waals surface area contributed by atoms with Gasteiger partial charge in [-0.1, -0.05) is 0 Å². The van der Waals surface area contributed by atoms with Crippen molar-refractivity contribution in [2.24, 2.45) is 0 Å². The number of aromatic hydroxyl groups is 1.